The van der Waals surface area contributed by atoms with Crippen LogP contribution < -0.4 is 10.5 Å². The molecule has 1 aromatic carbocycles. The molecular weight excluding hydrogens is 264 g/mol. The Morgan fingerprint density at radius 1 is 1.47 bits per heavy atom. The molecule has 0 spiro atoms. The normalized spacial score (nSPS) is 11.5. The van der Waals surface area contributed by atoms with E-state index in [2.05, 4.69) is 4.72 Å². The van der Waals surface area contributed by atoms with Gasteiger partial charge in [0.2, 0.25) is 10.0 Å². The summed E-state index contributed by atoms with van der Waals surface area (Å²) in [6, 6.07) is 6.01. The molecule has 0 aliphatic heterocycles. The number of nitrogens with two attached hydrogens (primary N) is 1. The highest BCUT2D eigenvalue weighted by atomic mass is 32.2. The van der Waals surface area contributed by atoms with Gasteiger partial charge in [-0.2, -0.15) is 5.26 Å². The molecule has 1 rings (SSSR count). The second kappa shape index (κ2) is 6.52. The van der Waals surface area contributed by atoms with Gasteiger partial charge in [-0.3, -0.25) is 0 Å². The number of nitrogen functional groups attached to an aromatic ring is 1. The largest absolute Gasteiger partial charge is 0.399 e. The van der Waals surface area contributed by atoms with Gasteiger partial charge in [0, 0.05) is 18.8 Å². The first-order valence-electron chi connectivity index (χ1n) is 5.88. The van der Waals surface area contributed by atoms with Crippen molar-refractivity contribution in [1.29, 1.82) is 5.26 Å². The molecule has 0 amide bonds. The first-order chi connectivity index (χ1) is 8.90. The van der Waals surface area contributed by atoms with E-state index in [9.17, 15) is 8.42 Å². The van der Waals surface area contributed by atoms with E-state index in [4.69, 9.17) is 11.0 Å². The average molecular weight is 282 g/mol. The molecule has 0 saturated heterocycles. The van der Waals surface area contributed by atoms with E-state index in [-0.39, 0.29) is 10.5 Å². The zero-order chi connectivity index (χ0) is 14.5. The van der Waals surface area contributed by atoms with Crippen LogP contribution >= 0.6 is 0 Å². The van der Waals surface area contributed by atoms with E-state index >= 15 is 0 Å². The van der Waals surface area contributed by atoms with Crippen LogP contribution in [0.5, 0.6) is 0 Å². The van der Waals surface area contributed by atoms with Crippen LogP contribution in [0.15, 0.2) is 23.1 Å². The number of nitrogens with one attached hydrogen (secondary N) is 1. The lowest BCUT2D eigenvalue weighted by atomic mass is 10.2. The zero-order valence-electron chi connectivity index (χ0n) is 11.0. The summed E-state index contributed by atoms with van der Waals surface area (Å²) in [6.45, 7) is 3.73. The maximum atomic E-state index is 12.1. The number of sulfonamides is 1. The van der Waals surface area contributed by atoms with Gasteiger partial charge < -0.3 is 10.6 Å². The van der Waals surface area contributed by atoms with Crippen LogP contribution in [0.25, 0.3) is 0 Å². The van der Waals surface area contributed by atoms with Crippen LogP contribution in [0.4, 0.5) is 5.69 Å². The van der Waals surface area contributed by atoms with E-state index in [1.165, 1.54) is 18.2 Å². The number of hydrogen-bond acceptors (Lipinski definition) is 5. The third kappa shape index (κ3) is 4.21. The van der Waals surface area contributed by atoms with Crippen LogP contribution in [-0.4, -0.2) is 40.0 Å². The van der Waals surface area contributed by atoms with E-state index in [1.807, 2.05) is 24.9 Å². The standard InChI is InChI=1S/C12H18N4O2S/c1-3-16(2)7-6-15-19(17,18)12-5-4-11(14)8-10(12)9-13/h4-5,8,15H,3,6-7,14H2,1-2H3. The van der Waals surface area contributed by atoms with Gasteiger partial charge in [-0.05, 0) is 31.8 Å². The quantitative estimate of drug-likeness (QED) is 0.734. The molecule has 0 radical (unpaired) electrons. The lowest BCUT2D eigenvalue weighted by Gasteiger charge is -2.14. The van der Waals surface area contributed by atoms with Gasteiger partial charge in [0.25, 0.3) is 0 Å². The van der Waals surface area contributed by atoms with Gasteiger partial charge in [-0.1, -0.05) is 6.92 Å². The Kier molecular flexibility index (Phi) is 5.30. The van der Waals surface area contributed by atoms with Gasteiger partial charge >= 0.3 is 0 Å². The summed E-state index contributed by atoms with van der Waals surface area (Å²) in [6.07, 6.45) is 0. The predicted octanol–water partition coefficient (Wildman–Crippen LogP) is 0.370. The molecule has 6 nitrogen and oxygen atoms in total. The maximum absolute atomic E-state index is 12.1. The highest BCUT2D eigenvalue weighted by Gasteiger charge is 2.18. The molecule has 0 atom stereocenters. The smallest absolute Gasteiger partial charge is 0.241 e. The van der Waals surface area contributed by atoms with Crippen molar-refractivity contribution in [2.45, 2.75) is 11.8 Å². The lowest BCUT2D eigenvalue weighted by molar-refractivity contribution is 0.358. The van der Waals surface area contributed by atoms with Gasteiger partial charge in [-0.15, -0.1) is 0 Å². The Morgan fingerprint density at radius 3 is 2.74 bits per heavy atom. The van der Waals surface area contributed by atoms with Crippen LogP contribution in [0.1, 0.15) is 12.5 Å². The molecule has 0 unspecified atom stereocenters. The van der Waals surface area contributed by atoms with Crippen LogP contribution in [0, 0.1) is 11.3 Å². The number of likely N-dealkylation sites (N-methyl/N-ethyl adjacent to an activating group) is 1. The first-order valence-corrected chi connectivity index (χ1v) is 7.37. The number of anilines is 1. The monoisotopic (exact) mass is 282 g/mol. The van der Waals surface area contributed by atoms with Crippen molar-refractivity contribution in [2.24, 2.45) is 0 Å². The third-order valence-electron chi connectivity index (χ3n) is 2.74. The molecular formula is C12H18N4O2S. The summed E-state index contributed by atoms with van der Waals surface area (Å²) in [7, 11) is -1.78. The van der Waals surface area contributed by atoms with E-state index in [1.54, 1.807) is 0 Å². The van der Waals surface area contributed by atoms with Crippen molar-refractivity contribution in [3.8, 4) is 6.07 Å². The van der Waals surface area contributed by atoms with Crippen LogP contribution in [0.3, 0.4) is 0 Å². The first kappa shape index (κ1) is 15.4. The average Bonchev–Trinajstić information content (AvgIpc) is 2.37. The molecule has 7 heteroatoms. The second-order valence-corrected chi connectivity index (χ2v) is 5.90. The minimum Gasteiger partial charge on any atom is -0.399 e. The number of rotatable bonds is 6. The summed E-state index contributed by atoms with van der Waals surface area (Å²) in [4.78, 5) is 1.94. The van der Waals surface area contributed by atoms with Crippen molar-refractivity contribution in [1.82, 2.24) is 9.62 Å². The highest BCUT2D eigenvalue weighted by molar-refractivity contribution is 7.89. The Bertz CT molecular complexity index is 578. The number of nitrogens with zero attached hydrogens (tertiary/aromatic N) is 2. The van der Waals surface area contributed by atoms with Crippen molar-refractivity contribution in [3.63, 3.8) is 0 Å². The fourth-order valence-corrected chi connectivity index (χ4v) is 2.63. The summed E-state index contributed by atoms with van der Waals surface area (Å²) in [5, 5.41) is 8.95. The Morgan fingerprint density at radius 2 is 2.16 bits per heavy atom. The zero-order valence-corrected chi connectivity index (χ0v) is 11.9. The highest BCUT2D eigenvalue weighted by Crippen LogP contribution is 2.17. The molecule has 104 valence electrons. The van der Waals surface area contributed by atoms with E-state index in [0.29, 0.717) is 18.8 Å². The Balaban J connectivity index is 2.87. The molecule has 0 aliphatic rings. The fraction of sp³-hybridized carbons (Fsp3) is 0.417. The van der Waals surface area contributed by atoms with Gasteiger partial charge in [0.15, 0.2) is 0 Å². The molecule has 3 N–H and O–H groups in total. The molecule has 19 heavy (non-hydrogen) atoms. The van der Waals surface area contributed by atoms with Crippen molar-refractivity contribution in [2.75, 3.05) is 32.4 Å². The van der Waals surface area contributed by atoms with Crippen molar-refractivity contribution < 1.29 is 8.42 Å². The molecule has 0 aromatic heterocycles. The molecule has 0 fully saturated rings. The SMILES string of the molecule is CCN(C)CCNS(=O)(=O)c1ccc(N)cc1C#N. The molecule has 0 aliphatic carbocycles. The summed E-state index contributed by atoms with van der Waals surface area (Å²) < 4.78 is 26.6. The summed E-state index contributed by atoms with van der Waals surface area (Å²) >= 11 is 0. The van der Waals surface area contributed by atoms with E-state index < -0.39 is 10.0 Å². The predicted molar refractivity (Wildman–Crippen MR) is 73.9 cm³/mol. The number of nitriles is 1. The van der Waals surface area contributed by atoms with E-state index in [0.717, 1.165) is 6.54 Å². The van der Waals surface area contributed by atoms with Crippen molar-refractivity contribution in [3.05, 3.63) is 23.8 Å². The minimum absolute atomic E-state index is 0.0386. The van der Waals surface area contributed by atoms with Crippen LogP contribution in [0.2, 0.25) is 0 Å². The van der Waals surface area contributed by atoms with Crippen molar-refractivity contribution >= 4 is 15.7 Å². The van der Waals surface area contributed by atoms with Gasteiger partial charge in [-0.25, -0.2) is 13.1 Å². The number of benzene rings is 1. The molecule has 0 saturated carbocycles. The Labute approximate surface area is 113 Å². The lowest BCUT2D eigenvalue weighted by Crippen LogP contribution is -2.33. The van der Waals surface area contributed by atoms with Gasteiger partial charge in [0.05, 0.1) is 10.5 Å². The molecule has 0 bridgehead atoms. The summed E-state index contributed by atoms with van der Waals surface area (Å²) in [5.74, 6) is 0. The van der Waals surface area contributed by atoms with Crippen LogP contribution in [-0.2, 0) is 10.0 Å². The van der Waals surface area contributed by atoms with Gasteiger partial charge in [0.1, 0.15) is 6.07 Å². The summed E-state index contributed by atoms with van der Waals surface area (Å²) in [5.41, 5.74) is 5.95. The fourth-order valence-electron chi connectivity index (χ4n) is 1.48. The number of hydrogen-bond donors (Lipinski definition) is 2. The topological polar surface area (TPSA) is 99.2 Å². The third-order valence-corrected chi connectivity index (χ3v) is 4.26. The Hall–Kier alpha value is -1.62. The maximum Gasteiger partial charge on any atom is 0.241 e. The second-order valence-electron chi connectivity index (χ2n) is 4.16. The minimum atomic E-state index is -3.68. The molecule has 0 heterocycles. The molecule has 1 aromatic rings.